The number of fused-ring (bicyclic) bond motifs is 1. The Bertz CT molecular complexity index is 570. The first-order chi connectivity index (χ1) is 8.66. The number of hydrogen-bond acceptors (Lipinski definition) is 3. The predicted molar refractivity (Wildman–Crippen MR) is 76.8 cm³/mol. The molecule has 1 saturated heterocycles. The van der Waals surface area contributed by atoms with Gasteiger partial charge in [0.25, 0.3) is 0 Å². The van der Waals surface area contributed by atoms with E-state index in [0.29, 0.717) is 5.92 Å². The summed E-state index contributed by atoms with van der Waals surface area (Å²) in [4.78, 5) is 7.05. The highest BCUT2D eigenvalue weighted by atomic mass is 79.9. The molecule has 0 bridgehead atoms. The molecule has 4 nitrogen and oxygen atoms in total. The number of nitrogen functional groups attached to an aromatic ring is 1. The molecule has 0 saturated carbocycles. The average Bonchev–Trinajstić information content (AvgIpc) is 2.70. The molecule has 1 aliphatic rings. The minimum Gasteiger partial charge on any atom is -0.385 e. The van der Waals surface area contributed by atoms with Crippen LogP contribution >= 0.6 is 15.9 Å². The second-order valence-electron chi connectivity index (χ2n) is 5.01. The van der Waals surface area contributed by atoms with Crippen molar-refractivity contribution in [3.05, 3.63) is 28.6 Å². The summed E-state index contributed by atoms with van der Waals surface area (Å²) >= 11 is 3.53. The van der Waals surface area contributed by atoms with Crippen LogP contribution in [0.5, 0.6) is 0 Å². The van der Waals surface area contributed by atoms with Crippen LogP contribution < -0.4 is 5.73 Å². The Labute approximate surface area is 115 Å². The maximum Gasteiger partial charge on any atom is 0.132 e. The van der Waals surface area contributed by atoms with Gasteiger partial charge in [0.2, 0.25) is 0 Å². The Morgan fingerprint density at radius 3 is 2.78 bits per heavy atom. The number of anilines is 1. The molecule has 0 aromatic carbocycles. The zero-order chi connectivity index (χ0) is 12.7. The zero-order valence-corrected chi connectivity index (χ0v) is 12.0. The van der Waals surface area contributed by atoms with Gasteiger partial charge in [-0.2, -0.15) is 0 Å². The van der Waals surface area contributed by atoms with Gasteiger partial charge in [-0.1, -0.05) is 6.07 Å². The summed E-state index contributed by atoms with van der Waals surface area (Å²) in [6, 6.07) is 5.95. The van der Waals surface area contributed by atoms with Crippen LogP contribution in [0.1, 0.15) is 24.6 Å². The molecule has 1 aliphatic heterocycles. The van der Waals surface area contributed by atoms with Crippen LogP contribution in [0.15, 0.2) is 22.8 Å². The van der Waals surface area contributed by atoms with Crippen molar-refractivity contribution in [1.82, 2.24) is 14.3 Å². The standard InChI is InChI=1S/C13H17BrN4/c1-17-7-5-9(6-8-17)13-16-12(14)10-3-2-4-11(15)18(10)13/h2-4,9H,5-8,15H2,1H3. The third kappa shape index (κ3) is 1.91. The second-order valence-corrected chi connectivity index (χ2v) is 5.76. The highest BCUT2D eigenvalue weighted by molar-refractivity contribution is 9.10. The van der Waals surface area contributed by atoms with E-state index in [4.69, 9.17) is 5.73 Å². The first-order valence-electron chi connectivity index (χ1n) is 6.27. The molecule has 18 heavy (non-hydrogen) atoms. The minimum absolute atomic E-state index is 0.504. The van der Waals surface area contributed by atoms with Gasteiger partial charge in [0, 0.05) is 5.92 Å². The van der Waals surface area contributed by atoms with Crippen molar-refractivity contribution < 1.29 is 0 Å². The number of hydrogen-bond donors (Lipinski definition) is 1. The van der Waals surface area contributed by atoms with E-state index in [2.05, 4.69) is 37.3 Å². The van der Waals surface area contributed by atoms with Crippen molar-refractivity contribution >= 4 is 27.3 Å². The van der Waals surface area contributed by atoms with Crippen molar-refractivity contribution in [2.75, 3.05) is 25.9 Å². The lowest BCUT2D eigenvalue weighted by Gasteiger charge is -2.28. The Kier molecular flexibility index (Phi) is 3.03. The fourth-order valence-electron chi connectivity index (χ4n) is 2.69. The third-order valence-electron chi connectivity index (χ3n) is 3.76. The number of halogens is 1. The maximum absolute atomic E-state index is 6.10. The van der Waals surface area contributed by atoms with E-state index >= 15 is 0 Å². The summed E-state index contributed by atoms with van der Waals surface area (Å²) in [7, 11) is 2.17. The number of pyridine rings is 1. The van der Waals surface area contributed by atoms with Gasteiger partial charge in [0.05, 0.1) is 5.52 Å². The zero-order valence-electron chi connectivity index (χ0n) is 10.4. The number of rotatable bonds is 1. The second kappa shape index (κ2) is 4.55. The van der Waals surface area contributed by atoms with Crippen molar-refractivity contribution in [2.45, 2.75) is 18.8 Å². The van der Waals surface area contributed by atoms with Crippen LogP contribution in [0.3, 0.4) is 0 Å². The molecule has 2 aromatic heterocycles. The van der Waals surface area contributed by atoms with Gasteiger partial charge in [0.1, 0.15) is 16.2 Å². The number of likely N-dealkylation sites (tertiary alicyclic amines) is 1. The van der Waals surface area contributed by atoms with Crippen molar-refractivity contribution in [2.24, 2.45) is 0 Å². The molecule has 0 unspecified atom stereocenters. The lowest BCUT2D eigenvalue weighted by Crippen LogP contribution is -2.30. The molecule has 1 fully saturated rings. The van der Waals surface area contributed by atoms with Crippen LogP contribution in [0.25, 0.3) is 5.52 Å². The van der Waals surface area contributed by atoms with Crippen LogP contribution in [0.2, 0.25) is 0 Å². The van der Waals surface area contributed by atoms with Gasteiger partial charge in [0.15, 0.2) is 0 Å². The quantitative estimate of drug-likeness (QED) is 0.880. The van der Waals surface area contributed by atoms with Gasteiger partial charge in [-0.05, 0) is 61.0 Å². The summed E-state index contributed by atoms with van der Waals surface area (Å²) in [5.74, 6) is 2.37. The smallest absolute Gasteiger partial charge is 0.132 e. The molecule has 2 aromatic rings. The fourth-order valence-corrected chi connectivity index (χ4v) is 3.18. The van der Waals surface area contributed by atoms with Gasteiger partial charge in [-0.25, -0.2) is 4.98 Å². The van der Waals surface area contributed by atoms with Crippen LogP contribution in [-0.4, -0.2) is 34.4 Å². The Morgan fingerprint density at radius 1 is 1.33 bits per heavy atom. The molecule has 3 rings (SSSR count). The topological polar surface area (TPSA) is 46.6 Å². The average molecular weight is 309 g/mol. The monoisotopic (exact) mass is 308 g/mol. The number of imidazole rings is 1. The van der Waals surface area contributed by atoms with E-state index in [-0.39, 0.29) is 0 Å². The lowest BCUT2D eigenvalue weighted by atomic mass is 9.96. The first-order valence-corrected chi connectivity index (χ1v) is 7.07. The summed E-state index contributed by atoms with van der Waals surface area (Å²) in [6.45, 7) is 2.26. The molecule has 0 aliphatic carbocycles. The Balaban J connectivity index is 2.07. The SMILES string of the molecule is CN1CCC(c2nc(Br)c3cccc(N)n23)CC1. The van der Waals surface area contributed by atoms with Crippen LogP contribution in [-0.2, 0) is 0 Å². The number of nitrogens with two attached hydrogens (primary N) is 1. The van der Waals surface area contributed by atoms with E-state index < -0.39 is 0 Å². The number of piperidine rings is 1. The summed E-state index contributed by atoms with van der Waals surface area (Å²) < 4.78 is 2.98. The normalized spacial score (nSPS) is 18.6. The molecule has 5 heteroatoms. The Hall–Kier alpha value is -1.07. The number of nitrogens with zero attached hydrogens (tertiary/aromatic N) is 3. The van der Waals surface area contributed by atoms with Crippen LogP contribution in [0, 0.1) is 0 Å². The molecule has 96 valence electrons. The van der Waals surface area contributed by atoms with Crippen LogP contribution in [0.4, 0.5) is 5.82 Å². The van der Waals surface area contributed by atoms with Crippen molar-refractivity contribution in [1.29, 1.82) is 0 Å². The van der Waals surface area contributed by atoms with E-state index in [1.165, 1.54) is 0 Å². The first kappa shape index (κ1) is 12.0. The molecule has 0 atom stereocenters. The van der Waals surface area contributed by atoms with Crippen molar-refractivity contribution in [3.63, 3.8) is 0 Å². The largest absolute Gasteiger partial charge is 0.385 e. The van der Waals surface area contributed by atoms with Gasteiger partial charge >= 0.3 is 0 Å². The van der Waals surface area contributed by atoms with E-state index in [0.717, 1.165) is 47.7 Å². The fraction of sp³-hybridized carbons (Fsp3) is 0.462. The molecular weight excluding hydrogens is 292 g/mol. The molecule has 0 spiro atoms. The summed E-state index contributed by atoms with van der Waals surface area (Å²) in [5, 5.41) is 0. The molecule has 0 radical (unpaired) electrons. The van der Waals surface area contributed by atoms with E-state index in [9.17, 15) is 0 Å². The van der Waals surface area contributed by atoms with Gasteiger partial charge < -0.3 is 10.6 Å². The van der Waals surface area contributed by atoms with Gasteiger partial charge in [-0.3, -0.25) is 4.40 Å². The maximum atomic E-state index is 6.10. The highest BCUT2D eigenvalue weighted by Crippen LogP contribution is 2.31. The highest BCUT2D eigenvalue weighted by Gasteiger charge is 2.24. The number of aromatic nitrogens is 2. The van der Waals surface area contributed by atoms with Crippen molar-refractivity contribution in [3.8, 4) is 0 Å². The van der Waals surface area contributed by atoms with Gasteiger partial charge in [-0.15, -0.1) is 0 Å². The molecule has 3 heterocycles. The summed E-state index contributed by atoms with van der Waals surface area (Å²) in [5.41, 5.74) is 7.16. The summed E-state index contributed by atoms with van der Waals surface area (Å²) in [6.07, 6.45) is 2.30. The third-order valence-corrected chi connectivity index (χ3v) is 4.34. The molecular formula is C13H17BrN4. The Morgan fingerprint density at radius 2 is 2.06 bits per heavy atom. The lowest BCUT2D eigenvalue weighted by molar-refractivity contribution is 0.251. The molecule has 2 N–H and O–H groups in total. The van der Waals surface area contributed by atoms with E-state index in [1.54, 1.807) is 0 Å². The minimum atomic E-state index is 0.504. The predicted octanol–water partition coefficient (Wildman–Crippen LogP) is 2.49. The van der Waals surface area contributed by atoms with E-state index in [1.807, 2.05) is 18.2 Å². The molecule has 0 amide bonds.